The van der Waals surface area contributed by atoms with Crippen molar-refractivity contribution in [2.24, 2.45) is 0 Å². The van der Waals surface area contributed by atoms with Crippen molar-refractivity contribution in [3.05, 3.63) is 47.7 Å². The minimum atomic E-state index is -0.287. The average molecular weight is 242 g/mol. The summed E-state index contributed by atoms with van der Waals surface area (Å²) in [5.41, 5.74) is 3.04. The minimum absolute atomic E-state index is 0.287. The van der Waals surface area contributed by atoms with Gasteiger partial charge in [-0.15, -0.1) is 0 Å². The molecule has 1 aromatic carbocycles. The molecule has 0 N–H and O–H groups in total. The van der Waals surface area contributed by atoms with Crippen molar-refractivity contribution in [1.29, 1.82) is 0 Å². The van der Waals surface area contributed by atoms with Crippen molar-refractivity contribution in [1.82, 2.24) is 10.1 Å². The number of benzene rings is 1. The highest BCUT2D eigenvalue weighted by molar-refractivity contribution is 5.94. The molecule has 0 aliphatic rings. The highest BCUT2D eigenvalue weighted by Gasteiger charge is 2.16. The molecule has 0 saturated carbocycles. The topological polar surface area (TPSA) is 38.9 Å². The summed E-state index contributed by atoms with van der Waals surface area (Å²) in [5.74, 6) is 0.385. The van der Waals surface area contributed by atoms with Crippen LogP contribution < -0.4 is 0 Å². The van der Waals surface area contributed by atoms with Gasteiger partial charge < -0.3 is 4.52 Å². The van der Waals surface area contributed by atoms with E-state index in [-0.39, 0.29) is 5.82 Å². The summed E-state index contributed by atoms with van der Waals surface area (Å²) in [6.45, 7) is 3.65. The van der Waals surface area contributed by atoms with Crippen LogP contribution >= 0.6 is 0 Å². The summed E-state index contributed by atoms with van der Waals surface area (Å²) in [7, 11) is 0. The lowest BCUT2D eigenvalue weighted by atomic mass is 10.0. The predicted octanol–water partition coefficient (Wildman–Crippen LogP) is 3.65. The van der Waals surface area contributed by atoms with Crippen LogP contribution in [0.3, 0.4) is 0 Å². The smallest absolute Gasteiger partial charge is 0.141 e. The van der Waals surface area contributed by atoms with E-state index < -0.39 is 0 Å². The second kappa shape index (κ2) is 3.91. The molecule has 0 aliphatic heterocycles. The lowest BCUT2D eigenvalue weighted by molar-refractivity contribution is 0.393. The van der Waals surface area contributed by atoms with Gasteiger partial charge in [0.15, 0.2) is 0 Å². The Kier molecular flexibility index (Phi) is 2.37. The first-order chi connectivity index (χ1) is 8.66. The van der Waals surface area contributed by atoms with Crippen LogP contribution in [0.2, 0.25) is 0 Å². The van der Waals surface area contributed by atoms with Crippen LogP contribution in [-0.4, -0.2) is 10.1 Å². The molecule has 0 atom stereocenters. The van der Waals surface area contributed by atoms with E-state index in [1.165, 1.54) is 12.1 Å². The molecule has 3 aromatic rings. The number of aromatic nitrogens is 2. The van der Waals surface area contributed by atoms with E-state index >= 15 is 0 Å². The molecule has 0 amide bonds. The quantitative estimate of drug-likeness (QED) is 0.653. The second-order valence-electron chi connectivity index (χ2n) is 4.23. The van der Waals surface area contributed by atoms with Crippen molar-refractivity contribution in [2.45, 2.75) is 13.8 Å². The zero-order chi connectivity index (χ0) is 12.7. The van der Waals surface area contributed by atoms with Crippen molar-refractivity contribution in [3.63, 3.8) is 0 Å². The van der Waals surface area contributed by atoms with Crippen molar-refractivity contribution >= 4 is 10.9 Å². The van der Waals surface area contributed by atoms with Gasteiger partial charge in [0, 0.05) is 22.7 Å². The monoisotopic (exact) mass is 242 g/mol. The van der Waals surface area contributed by atoms with Gasteiger partial charge in [-0.1, -0.05) is 11.2 Å². The van der Waals surface area contributed by atoms with Crippen molar-refractivity contribution in [3.8, 4) is 11.1 Å². The first kappa shape index (κ1) is 10.9. The molecule has 4 heteroatoms. The molecule has 18 heavy (non-hydrogen) atoms. The predicted molar refractivity (Wildman–Crippen MR) is 66.7 cm³/mol. The Labute approximate surface area is 103 Å². The zero-order valence-electron chi connectivity index (χ0n) is 10.1. The van der Waals surface area contributed by atoms with Crippen LogP contribution in [0.5, 0.6) is 0 Å². The fourth-order valence-electron chi connectivity index (χ4n) is 2.21. The van der Waals surface area contributed by atoms with Crippen LogP contribution in [0, 0.1) is 19.7 Å². The molecule has 3 rings (SSSR count). The van der Waals surface area contributed by atoms with E-state index in [9.17, 15) is 4.39 Å². The highest BCUT2D eigenvalue weighted by Crippen LogP contribution is 2.32. The highest BCUT2D eigenvalue weighted by atomic mass is 19.1. The zero-order valence-corrected chi connectivity index (χ0v) is 10.1. The fraction of sp³-hybridized carbons (Fsp3) is 0.143. The maximum atomic E-state index is 13.7. The lowest BCUT2D eigenvalue weighted by Gasteiger charge is -2.05. The molecule has 0 radical (unpaired) electrons. The first-order valence-corrected chi connectivity index (χ1v) is 5.64. The number of pyridine rings is 1. The summed E-state index contributed by atoms with van der Waals surface area (Å²) < 4.78 is 18.8. The Hall–Kier alpha value is -2.23. The number of rotatable bonds is 1. The second-order valence-corrected chi connectivity index (χ2v) is 4.23. The molecule has 90 valence electrons. The molecule has 0 spiro atoms. The molecule has 0 fully saturated rings. The van der Waals surface area contributed by atoms with Crippen LogP contribution in [0.4, 0.5) is 4.39 Å². The van der Waals surface area contributed by atoms with Gasteiger partial charge in [-0.3, -0.25) is 4.98 Å². The molecular weight excluding hydrogens is 231 g/mol. The van der Waals surface area contributed by atoms with E-state index in [2.05, 4.69) is 10.1 Å². The number of halogens is 1. The molecule has 2 heterocycles. The summed E-state index contributed by atoms with van der Waals surface area (Å²) >= 11 is 0. The molecule has 0 bridgehead atoms. The van der Waals surface area contributed by atoms with Gasteiger partial charge in [-0.25, -0.2) is 4.39 Å². The third kappa shape index (κ3) is 1.57. The maximum absolute atomic E-state index is 13.7. The lowest BCUT2D eigenvalue weighted by Crippen LogP contribution is -1.89. The molecular formula is C14H11FN2O. The van der Waals surface area contributed by atoms with E-state index in [1.807, 2.05) is 19.9 Å². The van der Waals surface area contributed by atoms with E-state index in [1.54, 1.807) is 12.3 Å². The van der Waals surface area contributed by atoms with Crippen molar-refractivity contribution in [2.75, 3.05) is 0 Å². The normalized spacial score (nSPS) is 11.1. The summed E-state index contributed by atoms with van der Waals surface area (Å²) in [5, 5.41) is 4.67. The Morgan fingerprint density at radius 3 is 2.78 bits per heavy atom. The van der Waals surface area contributed by atoms with Gasteiger partial charge in [-0.2, -0.15) is 0 Å². The average Bonchev–Trinajstić information content (AvgIpc) is 2.68. The number of nitrogens with zero attached hydrogens (tertiary/aromatic N) is 2. The molecule has 0 saturated heterocycles. The Morgan fingerprint density at radius 2 is 2.06 bits per heavy atom. The van der Waals surface area contributed by atoms with Gasteiger partial charge in [-0.05, 0) is 32.0 Å². The van der Waals surface area contributed by atoms with Gasteiger partial charge >= 0.3 is 0 Å². The number of aryl methyl sites for hydroxylation is 2. The van der Waals surface area contributed by atoms with Crippen LogP contribution in [0.1, 0.15) is 11.5 Å². The van der Waals surface area contributed by atoms with Gasteiger partial charge in [0.1, 0.15) is 11.6 Å². The van der Waals surface area contributed by atoms with Crippen LogP contribution in [0.25, 0.3) is 22.0 Å². The first-order valence-electron chi connectivity index (χ1n) is 5.64. The molecule has 2 aromatic heterocycles. The SMILES string of the molecule is Cc1noc(C)c1-c1cc(F)cc2cccnc12. The summed E-state index contributed by atoms with van der Waals surface area (Å²) in [6.07, 6.45) is 1.70. The third-order valence-electron chi connectivity index (χ3n) is 2.97. The number of hydrogen-bond donors (Lipinski definition) is 0. The largest absolute Gasteiger partial charge is 0.361 e. The minimum Gasteiger partial charge on any atom is -0.361 e. The molecule has 3 nitrogen and oxygen atoms in total. The van der Waals surface area contributed by atoms with Gasteiger partial charge in [0.05, 0.1) is 11.2 Å². The Balaban J connectivity index is 2.42. The van der Waals surface area contributed by atoms with E-state index in [4.69, 9.17) is 4.52 Å². The standard InChI is InChI=1S/C14H11FN2O/c1-8-13(9(2)18-17-8)12-7-11(15)6-10-4-3-5-16-14(10)12/h3-7H,1-2H3. The number of hydrogen-bond acceptors (Lipinski definition) is 3. The maximum Gasteiger partial charge on any atom is 0.141 e. The van der Waals surface area contributed by atoms with Crippen molar-refractivity contribution < 1.29 is 8.91 Å². The van der Waals surface area contributed by atoms with Crippen LogP contribution in [0.15, 0.2) is 35.0 Å². The Morgan fingerprint density at radius 1 is 1.22 bits per heavy atom. The van der Waals surface area contributed by atoms with E-state index in [0.717, 1.165) is 27.7 Å². The third-order valence-corrected chi connectivity index (χ3v) is 2.97. The van der Waals surface area contributed by atoms with Gasteiger partial charge in [0.2, 0.25) is 0 Å². The van der Waals surface area contributed by atoms with E-state index in [0.29, 0.717) is 5.76 Å². The Bertz CT molecular complexity index is 714. The van der Waals surface area contributed by atoms with Crippen LogP contribution in [-0.2, 0) is 0 Å². The summed E-state index contributed by atoms with van der Waals surface area (Å²) in [4.78, 5) is 4.32. The van der Waals surface area contributed by atoms with Gasteiger partial charge in [0.25, 0.3) is 0 Å². The molecule has 0 aliphatic carbocycles. The summed E-state index contributed by atoms with van der Waals surface area (Å²) in [6, 6.07) is 6.58. The molecule has 0 unspecified atom stereocenters. The fourth-order valence-corrected chi connectivity index (χ4v) is 2.21. The number of fused-ring (bicyclic) bond motifs is 1.